The summed E-state index contributed by atoms with van der Waals surface area (Å²) in [5, 5.41) is 23.1. The zero-order valence-corrected chi connectivity index (χ0v) is 11.7. The van der Waals surface area contributed by atoms with Crippen LogP contribution in [-0.4, -0.2) is 27.0 Å². The Hall–Kier alpha value is -2.18. The summed E-state index contributed by atoms with van der Waals surface area (Å²) in [5.74, 6) is -0.988. The van der Waals surface area contributed by atoms with Crippen LogP contribution in [-0.2, 0) is 0 Å². The summed E-state index contributed by atoms with van der Waals surface area (Å²) in [6, 6.07) is 1.23. The van der Waals surface area contributed by atoms with Crippen molar-refractivity contribution in [3.63, 3.8) is 0 Å². The number of carboxylic acid groups (broad SMARTS) is 1. The number of nitrogens with one attached hydrogen (secondary N) is 1. The van der Waals surface area contributed by atoms with Crippen molar-refractivity contribution in [2.75, 3.05) is 5.32 Å². The van der Waals surface area contributed by atoms with Gasteiger partial charge in [0.2, 0.25) is 0 Å². The van der Waals surface area contributed by atoms with E-state index in [1.54, 1.807) is 0 Å². The number of pyridine rings is 1. The van der Waals surface area contributed by atoms with Gasteiger partial charge in [0.1, 0.15) is 17.6 Å². The van der Waals surface area contributed by atoms with Crippen molar-refractivity contribution in [3.8, 4) is 0 Å². The number of hydrogen-bond acceptors (Lipinski definition) is 5. The number of anilines is 1. The van der Waals surface area contributed by atoms with Crippen LogP contribution in [0.4, 0.5) is 11.5 Å². The van der Waals surface area contributed by atoms with Crippen molar-refractivity contribution in [1.82, 2.24) is 4.98 Å². The van der Waals surface area contributed by atoms with Gasteiger partial charge in [-0.25, -0.2) is 9.78 Å². The second kappa shape index (κ2) is 7.01. The lowest BCUT2D eigenvalue weighted by atomic mass is 9.96. The smallest absolute Gasteiger partial charge is 0.339 e. The van der Waals surface area contributed by atoms with Gasteiger partial charge in [-0.05, 0) is 12.8 Å². The van der Waals surface area contributed by atoms with E-state index < -0.39 is 10.9 Å². The Morgan fingerprint density at radius 2 is 1.90 bits per heavy atom. The predicted octanol–water partition coefficient (Wildman–Crippen LogP) is 3.21. The molecule has 0 saturated heterocycles. The van der Waals surface area contributed by atoms with Crippen molar-refractivity contribution in [2.45, 2.75) is 51.0 Å². The molecule has 0 aliphatic heterocycles. The van der Waals surface area contributed by atoms with E-state index in [2.05, 4.69) is 10.3 Å². The van der Waals surface area contributed by atoms with Gasteiger partial charge < -0.3 is 10.4 Å². The number of nitro groups is 1. The van der Waals surface area contributed by atoms with Gasteiger partial charge in [-0.15, -0.1) is 0 Å². The zero-order chi connectivity index (χ0) is 15.2. The summed E-state index contributed by atoms with van der Waals surface area (Å²) < 4.78 is 0. The summed E-state index contributed by atoms with van der Waals surface area (Å²) >= 11 is 0. The van der Waals surface area contributed by atoms with Crippen LogP contribution in [0.25, 0.3) is 0 Å². The minimum absolute atomic E-state index is 0.147. The largest absolute Gasteiger partial charge is 0.478 e. The van der Waals surface area contributed by atoms with E-state index in [1.165, 1.54) is 19.3 Å². The van der Waals surface area contributed by atoms with E-state index in [1.807, 2.05) is 0 Å². The molecule has 0 aromatic carbocycles. The first-order valence-corrected chi connectivity index (χ1v) is 7.22. The maximum Gasteiger partial charge on any atom is 0.339 e. The highest BCUT2D eigenvalue weighted by atomic mass is 16.6. The van der Waals surface area contributed by atoms with Crippen molar-refractivity contribution in [3.05, 3.63) is 27.9 Å². The van der Waals surface area contributed by atoms with Gasteiger partial charge in [-0.2, -0.15) is 0 Å². The third-order valence-corrected chi connectivity index (χ3v) is 3.76. The molecule has 1 saturated carbocycles. The number of nitrogens with zero attached hydrogens (tertiary/aromatic N) is 2. The first-order chi connectivity index (χ1) is 10.1. The minimum atomic E-state index is -1.21. The number of hydrogen-bond donors (Lipinski definition) is 2. The first-order valence-electron chi connectivity index (χ1n) is 7.22. The SMILES string of the molecule is O=C(O)c1cc([N+](=O)[O-])cnc1NC1CCCCCCC1. The third kappa shape index (κ3) is 4.14. The standard InChI is InChI=1S/C14H19N3O4/c18-14(19)12-8-11(17(20)21)9-15-13(12)16-10-6-4-2-1-3-5-7-10/h8-10H,1-7H2,(H,15,16)(H,18,19). The molecule has 2 N–H and O–H groups in total. The van der Waals surface area contributed by atoms with Crippen LogP contribution in [0.15, 0.2) is 12.3 Å². The molecule has 21 heavy (non-hydrogen) atoms. The Labute approximate surface area is 122 Å². The Morgan fingerprint density at radius 1 is 1.29 bits per heavy atom. The van der Waals surface area contributed by atoms with Crippen molar-refractivity contribution >= 4 is 17.5 Å². The lowest BCUT2D eigenvalue weighted by molar-refractivity contribution is -0.385. The second-order valence-corrected chi connectivity index (χ2v) is 5.34. The highest BCUT2D eigenvalue weighted by Gasteiger charge is 2.20. The highest BCUT2D eigenvalue weighted by molar-refractivity contribution is 5.93. The Morgan fingerprint density at radius 3 is 2.48 bits per heavy atom. The van der Waals surface area contributed by atoms with E-state index in [9.17, 15) is 20.0 Å². The van der Waals surface area contributed by atoms with Gasteiger partial charge in [-0.1, -0.05) is 32.1 Å². The molecule has 114 valence electrons. The number of carboxylic acids is 1. The van der Waals surface area contributed by atoms with Crippen molar-refractivity contribution in [1.29, 1.82) is 0 Å². The van der Waals surface area contributed by atoms with Gasteiger partial charge in [0.05, 0.1) is 4.92 Å². The maximum absolute atomic E-state index is 11.3. The van der Waals surface area contributed by atoms with Gasteiger partial charge in [-0.3, -0.25) is 10.1 Å². The van der Waals surface area contributed by atoms with E-state index in [-0.39, 0.29) is 23.1 Å². The van der Waals surface area contributed by atoms with Crippen LogP contribution in [0, 0.1) is 10.1 Å². The lowest BCUT2D eigenvalue weighted by Crippen LogP contribution is -2.23. The maximum atomic E-state index is 11.3. The zero-order valence-electron chi connectivity index (χ0n) is 11.7. The van der Waals surface area contributed by atoms with Crippen LogP contribution in [0.1, 0.15) is 55.3 Å². The third-order valence-electron chi connectivity index (χ3n) is 3.76. The predicted molar refractivity (Wildman–Crippen MR) is 77.6 cm³/mol. The number of carbonyl (C=O) groups is 1. The molecule has 0 unspecified atom stereocenters. The lowest BCUT2D eigenvalue weighted by Gasteiger charge is -2.22. The average Bonchev–Trinajstić information content (AvgIpc) is 2.41. The normalized spacial score (nSPS) is 16.8. The van der Waals surface area contributed by atoms with E-state index in [4.69, 9.17) is 0 Å². The Bertz CT molecular complexity index is 525. The summed E-state index contributed by atoms with van der Waals surface area (Å²) in [6.45, 7) is 0. The van der Waals surface area contributed by atoms with Gasteiger partial charge in [0, 0.05) is 12.1 Å². The fourth-order valence-corrected chi connectivity index (χ4v) is 2.63. The van der Waals surface area contributed by atoms with E-state index in [0.29, 0.717) is 0 Å². The molecule has 1 heterocycles. The van der Waals surface area contributed by atoms with Crippen LogP contribution in [0.2, 0.25) is 0 Å². The molecular formula is C14H19N3O4. The molecule has 1 fully saturated rings. The minimum Gasteiger partial charge on any atom is -0.478 e. The molecule has 1 aromatic rings. The van der Waals surface area contributed by atoms with E-state index >= 15 is 0 Å². The van der Waals surface area contributed by atoms with Gasteiger partial charge >= 0.3 is 5.97 Å². The molecule has 0 spiro atoms. The molecule has 2 rings (SSSR count). The summed E-state index contributed by atoms with van der Waals surface area (Å²) in [6.07, 6.45) is 8.88. The fraction of sp³-hybridized carbons (Fsp3) is 0.571. The van der Waals surface area contributed by atoms with Crippen LogP contribution >= 0.6 is 0 Å². The van der Waals surface area contributed by atoms with Crippen molar-refractivity contribution < 1.29 is 14.8 Å². The second-order valence-electron chi connectivity index (χ2n) is 5.34. The molecule has 0 radical (unpaired) electrons. The first kappa shape index (κ1) is 15.2. The van der Waals surface area contributed by atoms with Crippen LogP contribution in [0.5, 0.6) is 0 Å². The molecule has 1 aliphatic carbocycles. The average molecular weight is 293 g/mol. The molecular weight excluding hydrogens is 274 g/mol. The Balaban J connectivity index is 2.17. The van der Waals surface area contributed by atoms with Gasteiger partial charge in [0.15, 0.2) is 0 Å². The molecule has 0 bridgehead atoms. The summed E-state index contributed by atoms with van der Waals surface area (Å²) in [5.41, 5.74) is -0.457. The monoisotopic (exact) mass is 293 g/mol. The molecule has 1 aliphatic rings. The topological polar surface area (TPSA) is 105 Å². The molecule has 7 nitrogen and oxygen atoms in total. The molecule has 7 heteroatoms. The number of aromatic carboxylic acids is 1. The van der Waals surface area contributed by atoms with Crippen molar-refractivity contribution in [2.24, 2.45) is 0 Å². The van der Waals surface area contributed by atoms with E-state index in [0.717, 1.165) is 37.9 Å². The summed E-state index contributed by atoms with van der Waals surface area (Å²) in [7, 11) is 0. The van der Waals surface area contributed by atoms with Crippen LogP contribution < -0.4 is 5.32 Å². The number of aromatic nitrogens is 1. The molecule has 0 amide bonds. The Kier molecular flexibility index (Phi) is 5.08. The van der Waals surface area contributed by atoms with Crippen LogP contribution in [0.3, 0.4) is 0 Å². The van der Waals surface area contributed by atoms with Gasteiger partial charge in [0.25, 0.3) is 5.69 Å². The highest BCUT2D eigenvalue weighted by Crippen LogP contribution is 2.24. The fourth-order valence-electron chi connectivity index (χ4n) is 2.63. The summed E-state index contributed by atoms with van der Waals surface area (Å²) in [4.78, 5) is 25.3. The number of rotatable bonds is 4. The quantitative estimate of drug-likeness (QED) is 0.652. The molecule has 0 atom stereocenters. The molecule has 1 aromatic heterocycles.